The Labute approximate surface area is 102 Å². The largest absolute Gasteiger partial charge is 0.394 e. The molecular weight excluding hydrogens is 218 g/mol. The molecule has 2 rings (SSSR count). The van der Waals surface area contributed by atoms with E-state index in [2.05, 4.69) is 16.2 Å². The van der Waals surface area contributed by atoms with Crippen LogP contribution in [0.3, 0.4) is 0 Å². The molecule has 0 unspecified atom stereocenters. The summed E-state index contributed by atoms with van der Waals surface area (Å²) in [5, 5.41) is 12.9. The van der Waals surface area contributed by atoms with Gasteiger partial charge in [0.25, 0.3) is 0 Å². The van der Waals surface area contributed by atoms with E-state index in [0.29, 0.717) is 12.7 Å². The third kappa shape index (κ3) is 3.80. The molecule has 0 atom stereocenters. The molecule has 1 fully saturated rings. The zero-order valence-corrected chi connectivity index (χ0v) is 10.4. The van der Waals surface area contributed by atoms with Gasteiger partial charge in [0.1, 0.15) is 0 Å². The maximum absolute atomic E-state index is 8.70. The number of aliphatic hydroxyl groups is 1. The second-order valence-corrected chi connectivity index (χ2v) is 4.59. The zero-order chi connectivity index (χ0) is 12.1. The van der Waals surface area contributed by atoms with Crippen molar-refractivity contribution in [2.45, 2.75) is 25.5 Å². The lowest BCUT2D eigenvalue weighted by atomic mass is 10.1. The van der Waals surface area contributed by atoms with Crippen molar-refractivity contribution in [3.05, 3.63) is 18.0 Å². The van der Waals surface area contributed by atoms with E-state index in [9.17, 15) is 0 Å². The van der Waals surface area contributed by atoms with E-state index in [1.54, 1.807) is 0 Å². The van der Waals surface area contributed by atoms with Gasteiger partial charge in [-0.05, 0) is 12.8 Å². The van der Waals surface area contributed by atoms with Crippen molar-refractivity contribution in [1.29, 1.82) is 0 Å². The summed E-state index contributed by atoms with van der Waals surface area (Å²) in [6.07, 6.45) is 6.43. The minimum Gasteiger partial charge on any atom is -0.394 e. The first-order chi connectivity index (χ1) is 8.28. The lowest BCUT2D eigenvalue weighted by Crippen LogP contribution is -2.36. The fourth-order valence-electron chi connectivity index (χ4n) is 2.27. The van der Waals surface area contributed by atoms with Gasteiger partial charge >= 0.3 is 0 Å². The average molecular weight is 239 g/mol. The van der Waals surface area contributed by atoms with Crippen molar-refractivity contribution >= 4 is 0 Å². The molecule has 0 saturated carbocycles. The topological polar surface area (TPSA) is 50.5 Å². The molecule has 5 heteroatoms. The molecule has 1 saturated heterocycles. The maximum Gasteiger partial charge on any atom is 0.0701 e. The Kier molecular flexibility index (Phi) is 4.53. The van der Waals surface area contributed by atoms with Gasteiger partial charge in [0.15, 0.2) is 0 Å². The van der Waals surface area contributed by atoms with Crippen LogP contribution in [0.25, 0.3) is 0 Å². The van der Waals surface area contributed by atoms with Crippen LogP contribution in [0.5, 0.6) is 0 Å². The first-order valence-corrected chi connectivity index (χ1v) is 6.20. The summed E-state index contributed by atoms with van der Waals surface area (Å²) in [4.78, 5) is 2.43. The molecule has 96 valence electrons. The van der Waals surface area contributed by atoms with Crippen molar-refractivity contribution in [2.75, 3.05) is 26.3 Å². The Hall–Kier alpha value is -0.910. The van der Waals surface area contributed by atoms with E-state index in [1.807, 2.05) is 17.9 Å². The first kappa shape index (κ1) is 12.5. The van der Waals surface area contributed by atoms with Crippen molar-refractivity contribution in [3.8, 4) is 0 Å². The highest BCUT2D eigenvalue weighted by Crippen LogP contribution is 2.15. The van der Waals surface area contributed by atoms with Crippen LogP contribution >= 0.6 is 0 Å². The Morgan fingerprint density at radius 1 is 1.47 bits per heavy atom. The molecule has 1 N–H and O–H groups in total. The van der Waals surface area contributed by atoms with Crippen LogP contribution in [0.2, 0.25) is 0 Å². The third-order valence-corrected chi connectivity index (χ3v) is 3.14. The summed E-state index contributed by atoms with van der Waals surface area (Å²) in [6, 6.07) is 0. The molecule has 0 spiro atoms. The monoisotopic (exact) mass is 239 g/mol. The number of aromatic nitrogens is 2. The number of aryl methyl sites for hydroxylation is 1. The van der Waals surface area contributed by atoms with Crippen LogP contribution in [-0.2, 0) is 18.3 Å². The average Bonchev–Trinajstić information content (AvgIpc) is 2.74. The van der Waals surface area contributed by atoms with Gasteiger partial charge in [0.05, 0.1) is 25.5 Å². The number of ether oxygens (including phenoxy) is 1. The number of aliphatic hydroxyl groups excluding tert-OH is 1. The van der Waals surface area contributed by atoms with Gasteiger partial charge in [-0.15, -0.1) is 0 Å². The number of piperidine rings is 1. The van der Waals surface area contributed by atoms with Gasteiger partial charge in [-0.25, -0.2) is 0 Å². The van der Waals surface area contributed by atoms with Crippen LogP contribution in [0.15, 0.2) is 12.4 Å². The zero-order valence-electron chi connectivity index (χ0n) is 10.4. The molecule has 1 aromatic heterocycles. The second kappa shape index (κ2) is 6.14. The Balaban J connectivity index is 1.72. The summed E-state index contributed by atoms with van der Waals surface area (Å²) < 4.78 is 7.38. The number of hydrogen-bond acceptors (Lipinski definition) is 4. The van der Waals surface area contributed by atoms with Crippen molar-refractivity contribution < 1.29 is 9.84 Å². The van der Waals surface area contributed by atoms with E-state index >= 15 is 0 Å². The predicted octanol–water partition coefficient (Wildman–Crippen LogP) is 0.393. The molecule has 1 aromatic rings. The van der Waals surface area contributed by atoms with E-state index in [4.69, 9.17) is 9.84 Å². The summed E-state index contributed by atoms with van der Waals surface area (Å²) >= 11 is 0. The molecular formula is C12H21N3O2. The highest BCUT2D eigenvalue weighted by atomic mass is 16.5. The highest BCUT2D eigenvalue weighted by Gasteiger charge is 2.19. The van der Waals surface area contributed by atoms with Crippen molar-refractivity contribution in [2.24, 2.45) is 7.05 Å². The van der Waals surface area contributed by atoms with Crippen LogP contribution in [0.1, 0.15) is 18.4 Å². The molecule has 0 bridgehead atoms. The fourth-order valence-corrected chi connectivity index (χ4v) is 2.27. The van der Waals surface area contributed by atoms with Gasteiger partial charge in [0.2, 0.25) is 0 Å². The predicted molar refractivity (Wildman–Crippen MR) is 64.5 cm³/mol. The standard InChI is InChI=1S/C12H21N3O2/c1-14-9-11(8-13-14)10-15-4-2-12(3-5-15)17-7-6-16/h8-9,12,16H,2-7,10H2,1H3. The lowest BCUT2D eigenvalue weighted by molar-refractivity contribution is -0.00901. The molecule has 2 heterocycles. The Bertz CT molecular complexity index is 332. The van der Waals surface area contributed by atoms with E-state index in [0.717, 1.165) is 32.5 Å². The van der Waals surface area contributed by atoms with Gasteiger partial charge < -0.3 is 9.84 Å². The summed E-state index contributed by atoms with van der Waals surface area (Å²) in [5.41, 5.74) is 1.27. The SMILES string of the molecule is Cn1cc(CN2CCC(OCCO)CC2)cn1. The van der Waals surface area contributed by atoms with E-state index in [-0.39, 0.29) is 6.61 Å². The van der Waals surface area contributed by atoms with Gasteiger partial charge in [-0.1, -0.05) is 0 Å². The van der Waals surface area contributed by atoms with Gasteiger partial charge in [-0.3, -0.25) is 9.58 Å². The molecule has 0 radical (unpaired) electrons. The number of nitrogens with zero attached hydrogens (tertiary/aromatic N) is 3. The second-order valence-electron chi connectivity index (χ2n) is 4.59. The molecule has 0 aliphatic carbocycles. The van der Waals surface area contributed by atoms with Crippen LogP contribution in [-0.4, -0.2) is 52.2 Å². The highest BCUT2D eigenvalue weighted by molar-refractivity contribution is 5.03. The summed E-state index contributed by atoms with van der Waals surface area (Å²) in [7, 11) is 1.94. The molecule has 0 aromatic carbocycles. The minimum absolute atomic E-state index is 0.121. The minimum atomic E-state index is 0.121. The third-order valence-electron chi connectivity index (χ3n) is 3.14. The Morgan fingerprint density at radius 2 is 2.24 bits per heavy atom. The molecule has 5 nitrogen and oxygen atoms in total. The van der Waals surface area contributed by atoms with E-state index in [1.165, 1.54) is 5.56 Å². The number of rotatable bonds is 5. The smallest absolute Gasteiger partial charge is 0.0701 e. The lowest BCUT2D eigenvalue weighted by Gasteiger charge is -2.31. The summed E-state index contributed by atoms with van der Waals surface area (Å²) in [5.74, 6) is 0. The molecule has 1 aliphatic rings. The molecule has 1 aliphatic heterocycles. The fraction of sp³-hybridized carbons (Fsp3) is 0.750. The van der Waals surface area contributed by atoms with Crippen LogP contribution < -0.4 is 0 Å². The first-order valence-electron chi connectivity index (χ1n) is 6.20. The summed E-state index contributed by atoms with van der Waals surface area (Å²) in [6.45, 7) is 3.68. The van der Waals surface area contributed by atoms with Gasteiger partial charge in [0, 0.05) is 38.4 Å². The normalized spacial score (nSPS) is 18.7. The quantitative estimate of drug-likeness (QED) is 0.808. The maximum atomic E-state index is 8.70. The molecule has 17 heavy (non-hydrogen) atoms. The van der Waals surface area contributed by atoms with Crippen LogP contribution in [0, 0.1) is 0 Å². The molecule has 0 amide bonds. The van der Waals surface area contributed by atoms with Crippen molar-refractivity contribution in [1.82, 2.24) is 14.7 Å². The Morgan fingerprint density at radius 3 is 2.82 bits per heavy atom. The number of likely N-dealkylation sites (tertiary alicyclic amines) is 1. The van der Waals surface area contributed by atoms with Crippen molar-refractivity contribution in [3.63, 3.8) is 0 Å². The van der Waals surface area contributed by atoms with Crippen LogP contribution in [0.4, 0.5) is 0 Å². The van der Waals surface area contributed by atoms with E-state index < -0.39 is 0 Å². The van der Waals surface area contributed by atoms with Gasteiger partial charge in [-0.2, -0.15) is 5.10 Å². The number of hydrogen-bond donors (Lipinski definition) is 1.